The maximum atomic E-state index is 13.9. The second-order valence-electron chi connectivity index (χ2n) is 5.33. The number of hydrogen-bond acceptors (Lipinski definition) is 2. The maximum absolute atomic E-state index is 13.9. The van der Waals surface area contributed by atoms with Gasteiger partial charge in [0.2, 0.25) is 0 Å². The molecule has 1 aromatic heterocycles. The van der Waals surface area contributed by atoms with Crippen LogP contribution in [0.4, 0.5) is 25.6 Å². The molecule has 2 aromatic carbocycles. The Bertz CT molecular complexity index is 1120. The second kappa shape index (κ2) is 5.76. The van der Waals surface area contributed by atoms with Crippen LogP contribution in [-0.2, 0) is 10.0 Å². The number of aromatic nitrogens is 1. The third-order valence-corrected chi connectivity index (χ3v) is 6.18. The summed E-state index contributed by atoms with van der Waals surface area (Å²) in [7, 11) is -12.5. The van der Waals surface area contributed by atoms with Crippen LogP contribution in [0.1, 0.15) is 0 Å². The van der Waals surface area contributed by atoms with Gasteiger partial charge in [-0.05, 0) is 36.4 Å². The number of rotatable bonds is 4. The summed E-state index contributed by atoms with van der Waals surface area (Å²) in [6.07, 6.45) is 1.13. The van der Waals surface area contributed by atoms with Gasteiger partial charge in [0.1, 0.15) is 10.7 Å². The highest BCUT2D eigenvalue weighted by Crippen LogP contribution is 2.82. The molecule has 0 unspecified atom stereocenters. The Morgan fingerprint density at radius 3 is 2.35 bits per heavy atom. The zero-order valence-electron chi connectivity index (χ0n) is 12.5. The van der Waals surface area contributed by atoms with Gasteiger partial charge in [0.15, 0.2) is 10.7 Å². The van der Waals surface area contributed by atoms with Crippen molar-refractivity contribution in [1.29, 1.82) is 0 Å². The van der Waals surface area contributed by atoms with E-state index in [0.29, 0.717) is 16.6 Å². The highest BCUT2D eigenvalue weighted by molar-refractivity contribution is 8.33. The van der Waals surface area contributed by atoms with E-state index < -0.39 is 37.1 Å². The van der Waals surface area contributed by atoms with E-state index in [2.05, 4.69) is 4.98 Å². The largest absolute Gasteiger partial charge is 0.360 e. The Labute approximate surface area is 150 Å². The lowest BCUT2D eigenvalue weighted by Crippen LogP contribution is -2.13. The average molecular weight is 433 g/mol. The first-order chi connectivity index (χ1) is 11.8. The Balaban J connectivity index is 2.00. The molecule has 0 bridgehead atoms. The third kappa shape index (κ3) is 3.60. The molecule has 0 atom stereocenters. The van der Waals surface area contributed by atoms with Crippen LogP contribution in [-0.4, -0.2) is 13.4 Å². The van der Waals surface area contributed by atoms with E-state index in [4.69, 9.17) is 11.6 Å². The van der Waals surface area contributed by atoms with Crippen molar-refractivity contribution < 1.29 is 28.4 Å². The van der Waals surface area contributed by atoms with Gasteiger partial charge in [-0.15, -0.1) is 15.5 Å². The molecule has 0 amide bonds. The predicted molar refractivity (Wildman–Crippen MR) is 92.2 cm³/mol. The van der Waals surface area contributed by atoms with Crippen molar-refractivity contribution in [2.75, 3.05) is 4.72 Å². The number of aromatic amines is 1. The van der Waals surface area contributed by atoms with Gasteiger partial charge in [0.25, 0.3) is 10.0 Å². The van der Waals surface area contributed by atoms with Crippen molar-refractivity contribution in [3.8, 4) is 0 Å². The van der Waals surface area contributed by atoms with Crippen molar-refractivity contribution in [2.45, 2.75) is 9.79 Å². The summed E-state index contributed by atoms with van der Waals surface area (Å²) in [6.45, 7) is 0. The summed E-state index contributed by atoms with van der Waals surface area (Å²) in [5, 5.41) is 0.609. The Hall–Kier alpha value is -1.98. The lowest BCUT2D eigenvalue weighted by Gasteiger charge is -2.29. The standard InChI is InChI=1S/C14H10ClF5N2O2S2/c15-8-1-3-10-13(5-8)21-7-14(10)25(23,24)22-12-4-2-9(6-11(12)16)26(17,18,19)20/h1-7,21-22,26H. The quantitative estimate of drug-likeness (QED) is 0.364. The van der Waals surface area contributed by atoms with Gasteiger partial charge in [0.05, 0.1) is 10.6 Å². The molecule has 0 saturated heterocycles. The van der Waals surface area contributed by atoms with Crippen molar-refractivity contribution in [2.24, 2.45) is 0 Å². The first-order valence-corrected chi connectivity index (χ1v) is 10.5. The molecule has 0 aliphatic heterocycles. The first kappa shape index (κ1) is 18.8. The monoisotopic (exact) mass is 432 g/mol. The molecule has 3 rings (SSSR count). The summed E-state index contributed by atoms with van der Waals surface area (Å²) < 4.78 is 91.4. The second-order valence-corrected chi connectivity index (χ2v) is 9.38. The Kier molecular flexibility index (Phi) is 4.17. The molecule has 0 aliphatic carbocycles. The van der Waals surface area contributed by atoms with Crippen molar-refractivity contribution in [1.82, 2.24) is 4.98 Å². The topological polar surface area (TPSA) is 62.0 Å². The van der Waals surface area contributed by atoms with Crippen LogP contribution in [0.2, 0.25) is 5.02 Å². The number of sulfonamides is 1. The van der Waals surface area contributed by atoms with Crippen LogP contribution >= 0.6 is 22.3 Å². The van der Waals surface area contributed by atoms with Crippen molar-refractivity contribution in [3.63, 3.8) is 0 Å². The van der Waals surface area contributed by atoms with E-state index in [0.717, 1.165) is 6.20 Å². The minimum Gasteiger partial charge on any atom is -0.360 e. The molecule has 4 nitrogen and oxygen atoms in total. The van der Waals surface area contributed by atoms with Gasteiger partial charge in [-0.3, -0.25) is 4.72 Å². The molecule has 0 aliphatic rings. The summed E-state index contributed by atoms with van der Waals surface area (Å²) in [4.78, 5) is 0.663. The van der Waals surface area contributed by atoms with Crippen LogP contribution in [0, 0.1) is 5.82 Å². The lowest BCUT2D eigenvalue weighted by molar-refractivity contribution is 0.493. The van der Waals surface area contributed by atoms with Crippen LogP contribution in [0.25, 0.3) is 10.9 Å². The highest BCUT2D eigenvalue weighted by atomic mass is 35.5. The Morgan fingerprint density at radius 1 is 1.04 bits per heavy atom. The van der Waals surface area contributed by atoms with Gasteiger partial charge < -0.3 is 4.98 Å². The van der Waals surface area contributed by atoms with Crippen LogP contribution in [0.15, 0.2) is 52.4 Å². The van der Waals surface area contributed by atoms with Crippen LogP contribution in [0.3, 0.4) is 0 Å². The fourth-order valence-corrected chi connectivity index (χ4v) is 4.32. The molecular weight excluding hydrogens is 423 g/mol. The summed E-state index contributed by atoms with van der Waals surface area (Å²) in [6, 6.07) is 5.07. The van der Waals surface area contributed by atoms with Crippen molar-refractivity contribution >= 4 is 48.9 Å². The molecule has 0 saturated carbocycles. The molecule has 26 heavy (non-hydrogen) atoms. The lowest BCUT2D eigenvalue weighted by atomic mass is 10.2. The van der Waals surface area contributed by atoms with E-state index in [1.807, 2.05) is 4.72 Å². The third-order valence-electron chi connectivity index (χ3n) is 3.48. The molecule has 1 heterocycles. The summed E-state index contributed by atoms with van der Waals surface area (Å²) in [5.41, 5.74) is -0.340. The van der Waals surface area contributed by atoms with Crippen LogP contribution in [0.5, 0.6) is 0 Å². The fraction of sp³-hybridized carbons (Fsp3) is 0. The fourth-order valence-electron chi connectivity index (χ4n) is 2.29. The van der Waals surface area contributed by atoms with Gasteiger partial charge >= 0.3 is 0 Å². The number of hydrogen-bond donors (Lipinski definition) is 3. The number of benzene rings is 2. The summed E-state index contributed by atoms with van der Waals surface area (Å²) >= 11 is 5.80. The first-order valence-electron chi connectivity index (χ1n) is 6.82. The molecule has 142 valence electrons. The molecule has 0 fully saturated rings. The predicted octanol–water partition coefficient (Wildman–Crippen LogP) is 5.73. The van der Waals surface area contributed by atoms with Gasteiger partial charge in [0, 0.05) is 22.1 Å². The molecule has 3 aromatic rings. The van der Waals surface area contributed by atoms with E-state index >= 15 is 0 Å². The number of anilines is 1. The molecule has 0 spiro atoms. The molecule has 2 N–H and O–H groups in total. The van der Waals surface area contributed by atoms with Gasteiger partial charge in [-0.1, -0.05) is 11.6 Å². The number of nitrogens with one attached hydrogen (secondary N) is 2. The number of thiol groups is 1. The number of halogens is 6. The normalized spacial score (nSPS) is 14.2. The highest BCUT2D eigenvalue weighted by Gasteiger charge is 2.40. The Morgan fingerprint density at radius 2 is 1.73 bits per heavy atom. The van der Waals surface area contributed by atoms with E-state index in [9.17, 15) is 28.4 Å². The van der Waals surface area contributed by atoms with Crippen LogP contribution < -0.4 is 4.72 Å². The summed E-state index contributed by atoms with van der Waals surface area (Å²) in [5.74, 6) is -1.55. The minimum atomic E-state index is -8.15. The molecule has 0 radical (unpaired) electrons. The zero-order chi connectivity index (χ0) is 19.4. The van der Waals surface area contributed by atoms with Crippen molar-refractivity contribution in [3.05, 3.63) is 53.4 Å². The van der Waals surface area contributed by atoms with Gasteiger partial charge in [-0.25, -0.2) is 12.8 Å². The SMILES string of the molecule is O=S(=O)(Nc1ccc([SH](F)(F)(F)F)cc1F)c1c[nH]c2cc(Cl)ccc12. The zero-order valence-corrected chi connectivity index (χ0v) is 14.9. The smallest absolute Gasteiger partial charge is 0.264 e. The molecule has 12 heteroatoms. The van der Waals surface area contributed by atoms with E-state index in [-0.39, 0.29) is 22.4 Å². The maximum Gasteiger partial charge on any atom is 0.264 e. The van der Waals surface area contributed by atoms with Gasteiger partial charge in [-0.2, -0.15) is 0 Å². The van der Waals surface area contributed by atoms with E-state index in [1.165, 1.54) is 18.2 Å². The average Bonchev–Trinajstić information content (AvgIpc) is 2.91. The number of H-pyrrole nitrogens is 1. The van der Waals surface area contributed by atoms with E-state index in [1.54, 1.807) is 0 Å². The number of fused-ring (bicyclic) bond motifs is 1. The molecular formula is C14H10ClF5N2O2S2. The minimum absolute atomic E-state index is 0.0787.